The van der Waals surface area contributed by atoms with Gasteiger partial charge in [-0.1, -0.05) is 54.2 Å². The van der Waals surface area contributed by atoms with Crippen LogP contribution < -0.4 is 0 Å². The van der Waals surface area contributed by atoms with Crippen LogP contribution in [0.25, 0.3) is 5.69 Å². The van der Waals surface area contributed by atoms with Gasteiger partial charge in [0, 0.05) is 12.2 Å². The number of aromatic nitrogens is 4. The first kappa shape index (κ1) is 18.5. The smallest absolute Gasteiger partial charge is 0.214 e. The molecule has 7 nitrogen and oxygen atoms in total. The van der Waals surface area contributed by atoms with Crippen LogP contribution in [0.5, 0.6) is 0 Å². The van der Waals surface area contributed by atoms with E-state index in [4.69, 9.17) is 5.11 Å². The fraction of sp³-hybridized carbons (Fsp3) is 0.278. The van der Waals surface area contributed by atoms with Crippen LogP contribution in [-0.4, -0.2) is 47.4 Å². The van der Waals surface area contributed by atoms with Crippen molar-refractivity contribution in [3.05, 3.63) is 65.7 Å². The van der Waals surface area contributed by atoms with Crippen LogP contribution in [0.2, 0.25) is 0 Å². The predicted molar refractivity (Wildman–Crippen MR) is 97.8 cm³/mol. The van der Waals surface area contributed by atoms with Crippen LogP contribution in [0.3, 0.4) is 0 Å². The third-order valence-electron chi connectivity index (χ3n) is 3.89. The normalized spacial score (nSPS) is 13.5. The summed E-state index contributed by atoms with van der Waals surface area (Å²) in [6.45, 7) is -0.0359. The molecule has 3 rings (SSSR count). The second-order valence-electron chi connectivity index (χ2n) is 5.82. The number of aliphatic hydroxyl groups excluding tert-OH is 3. The third kappa shape index (κ3) is 4.67. The molecule has 0 saturated heterocycles. The summed E-state index contributed by atoms with van der Waals surface area (Å²) >= 11 is 1.33. The van der Waals surface area contributed by atoms with Gasteiger partial charge in [-0.25, -0.2) is 0 Å². The van der Waals surface area contributed by atoms with Crippen molar-refractivity contribution in [2.45, 2.75) is 30.4 Å². The molecule has 2 aromatic carbocycles. The van der Waals surface area contributed by atoms with E-state index < -0.39 is 12.2 Å². The highest BCUT2D eigenvalue weighted by Gasteiger charge is 2.16. The SMILES string of the molecule is OCc1ccc([C@H](O)C[C@H](O)CSc2nnnn2-c2ccccc2)cc1. The molecule has 0 radical (unpaired) electrons. The van der Waals surface area contributed by atoms with Crippen LogP contribution in [0.15, 0.2) is 59.8 Å². The van der Waals surface area contributed by atoms with E-state index in [1.807, 2.05) is 30.3 Å². The molecular formula is C18H20N4O3S. The van der Waals surface area contributed by atoms with Gasteiger partial charge in [-0.05, 0) is 33.7 Å². The maximum Gasteiger partial charge on any atom is 0.214 e. The molecule has 0 unspecified atom stereocenters. The van der Waals surface area contributed by atoms with E-state index in [-0.39, 0.29) is 13.0 Å². The summed E-state index contributed by atoms with van der Waals surface area (Å²) < 4.78 is 1.61. The predicted octanol–water partition coefficient (Wildman–Crippen LogP) is 1.73. The Hall–Kier alpha value is -2.26. The summed E-state index contributed by atoms with van der Waals surface area (Å²) in [5.41, 5.74) is 2.34. The Morgan fingerprint density at radius 1 is 1.00 bits per heavy atom. The lowest BCUT2D eigenvalue weighted by molar-refractivity contribution is 0.0930. The molecule has 26 heavy (non-hydrogen) atoms. The van der Waals surface area contributed by atoms with Gasteiger partial charge in [0.25, 0.3) is 0 Å². The molecule has 0 aliphatic heterocycles. The number of rotatable bonds is 8. The number of thioether (sulfide) groups is 1. The zero-order valence-corrected chi connectivity index (χ0v) is 14.8. The van der Waals surface area contributed by atoms with E-state index >= 15 is 0 Å². The van der Waals surface area contributed by atoms with Gasteiger partial charge in [-0.2, -0.15) is 4.68 Å². The minimum Gasteiger partial charge on any atom is -0.392 e. The van der Waals surface area contributed by atoms with Gasteiger partial charge >= 0.3 is 0 Å². The molecule has 0 aliphatic carbocycles. The molecule has 3 N–H and O–H groups in total. The summed E-state index contributed by atoms with van der Waals surface area (Å²) in [4.78, 5) is 0. The lowest BCUT2D eigenvalue weighted by atomic mass is 10.0. The monoisotopic (exact) mass is 372 g/mol. The van der Waals surface area contributed by atoms with Crippen molar-refractivity contribution in [2.24, 2.45) is 0 Å². The second kappa shape index (κ2) is 8.91. The van der Waals surface area contributed by atoms with Crippen molar-refractivity contribution in [3.8, 4) is 5.69 Å². The molecule has 0 spiro atoms. The molecule has 0 fully saturated rings. The molecule has 1 aromatic heterocycles. The second-order valence-corrected chi connectivity index (χ2v) is 6.81. The first-order valence-corrected chi connectivity index (χ1v) is 9.18. The number of hydrogen-bond acceptors (Lipinski definition) is 7. The first-order chi connectivity index (χ1) is 12.7. The van der Waals surface area contributed by atoms with Crippen molar-refractivity contribution in [1.82, 2.24) is 20.2 Å². The Bertz CT molecular complexity index is 811. The standard InChI is InChI=1S/C18H20N4O3S/c23-11-13-6-8-14(9-7-13)17(25)10-16(24)12-26-18-19-20-21-22(18)15-4-2-1-3-5-15/h1-9,16-17,23-25H,10-12H2/t16-,17+/m0/s1. The van der Waals surface area contributed by atoms with E-state index in [0.29, 0.717) is 16.5 Å². The lowest BCUT2D eigenvalue weighted by Gasteiger charge is -2.16. The molecular weight excluding hydrogens is 352 g/mol. The Balaban J connectivity index is 1.56. The van der Waals surface area contributed by atoms with Crippen molar-refractivity contribution in [2.75, 3.05) is 5.75 Å². The maximum atomic E-state index is 10.3. The summed E-state index contributed by atoms with van der Waals surface area (Å²) in [5, 5.41) is 41.8. The largest absolute Gasteiger partial charge is 0.392 e. The lowest BCUT2D eigenvalue weighted by Crippen LogP contribution is -2.15. The average molecular weight is 372 g/mol. The van der Waals surface area contributed by atoms with Crippen LogP contribution in [0.1, 0.15) is 23.7 Å². The third-order valence-corrected chi connectivity index (χ3v) is 4.95. The van der Waals surface area contributed by atoms with Crippen molar-refractivity contribution < 1.29 is 15.3 Å². The molecule has 3 aromatic rings. The van der Waals surface area contributed by atoms with E-state index in [2.05, 4.69) is 15.5 Å². The summed E-state index contributed by atoms with van der Waals surface area (Å²) in [6, 6.07) is 16.5. The summed E-state index contributed by atoms with van der Waals surface area (Å²) in [5.74, 6) is 0.360. The molecule has 1 heterocycles. The van der Waals surface area contributed by atoms with Gasteiger partial charge in [-0.15, -0.1) is 5.10 Å². The Morgan fingerprint density at radius 2 is 1.73 bits per heavy atom. The van der Waals surface area contributed by atoms with Crippen molar-refractivity contribution in [3.63, 3.8) is 0 Å². The Kier molecular flexibility index (Phi) is 6.35. The maximum absolute atomic E-state index is 10.3. The van der Waals surface area contributed by atoms with Crippen molar-refractivity contribution >= 4 is 11.8 Å². The number of tetrazole rings is 1. The number of benzene rings is 2. The fourth-order valence-electron chi connectivity index (χ4n) is 2.48. The highest BCUT2D eigenvalue weighted by Crippen LogP contribution is 2.23. The highest BCUT2D eigenvalue weighted by atomic mass is 32.2. The van der Waals surface area contributed by atoms with Gasteiger partial charge < -0.3 is 15.3 Å². The topological polar surface area (TPSA) is 104 Å². The van der Waals surface area contributed by atoms with Crippen LogP contribution >= 0.6 is 11.8 Å². The Morgan fingerprint density at radius 3 is 2.42 bits per heavy atom. The number of hydrogen-bond donors (Lipinski definition) is 3. The van der Waals surface area contributed by atoms with Gasteiger partial charge in [0.2, 0.25) is 5.16 Å². The Labute approximate surface area is 155 Å². The number of aliphatic hydroxyl groups is 3. The van der Waals surface area contributed by atoms with Gasteiger partial charge in [0.15, 0.2) is 0 Å². The molecule has 8 heteroatoms. The van der Waals surface area contributed by atoms with E-state index in [0.717, 1.165) is 11.3 Å². The fourth-order valence-corrected chi connectivity index (χ4v) is 3.31. The van der Waals surface area contributed by atoms with Crippen LogP contribution in [0, 0.1) is 0 Å². The molecule has 0 saturated carbocycles. The number of nitrogens with zero attached hydrogens (tertiary/aromatic N) is 4. The molecule has 0 amide bonds. The molecule has 0 bridgehead atoms. The van der Waals surface area contributed by atoms with Crippen LogP contribution in [0.4, 0.5) is 0 Å². The van der Waals surface area contributed by atoms with Gasteiger partial charge in [0.1, 0.15) is 0 Å². The molecule has 2 atom stereocenters. The zero-order valence-electron chi connectivity index (χ0n) is 14.0. The number of para-hydroxylation sites is 1. The van der Waals surface area contributed by atoms with Crippen molar-refractivity contribution in [1.29, 1.82) is 0 Å². The summed E-state index contributed by atoms with van der Waals surface area (Å²) in [6.07, 6.45) is -1.28. The van der Waals surface area contributed by atoms with E-state index in [1.54, 1.807) is 28.9 Å². The highest BCUT2D eigenvalue weighted by molar-refractivity contribution is 7.99. The quantitative estimate of drug-likeness (QED) is 0.517. The average Bonchev–Trinajstić information content (AvgIpc) is 3.16. The van der Waals surface area contributed by atoms with Gasteiger partial charge in [-0.3, -0.25) is 0 Å². The summed E-state index contributed by atoms with van der Waals surface area (Å²) in [7, 11) is 0. The van der Waals surface area contributed by atoms with Gasteiger partial charge in [0.05, 0.1) is 24.5 Å². The molecule has 0 aliphatic rings. The molecule has 136 valence electrons. The van der Waals surface area contributed by atoms with Crippen LogP contribution in [-0.2, 0) is 6.61 Å². The van der Waals surface area contributed by atoms with E-state index in [9.17, 15) is 10.2 Å². The zero-order chi connectivity index (χ0) is 18.4. The van der Waals surface area contributed by atoms with E-state index in [1.165, 1.54) is 11.8 Å². The minimum absolute atomic E-state index is 0.0359. The minimum atomic E-state index is -0.775. The first-order valence-electron chi connectivity index (χ1n) is 8.20.